The lowest BCUT2D eigenvalue weighted by molar-refractivity contribution is 0.620. The highest BCUT2D eigenvalue weighted by molar-refractivity contribution is 9.10. The zero-order chi connectivity index (χ0) is 14.8. The Morgan fingerprint density at radius 2 is 2.19 bits per heavy atom. The second-order valence-corrected chi connectivity index (χ2v) is 7.72. The Balaban J connectivity index is 2.01. The predicted octanol–water partition coefficient (Wildman–Crippen LogP) is 5.14. The number of nitrogens with zero attached hydrogens (tertiary/aromatic N) is 1. The molecule has 2 aromatic rings. The summed E-state index contributed by atoms with van der Waals surface area (Å²) in [6.45, 7) is 3.00. The Morgan fingerprint density at radius 1 is 1.38 bits per heavy atom. The van der Waals surface area contributed by atoms with E-state index in [1.54, 1.807) is 0 Å². The monoisotopic (exact) mass is 384 g/mol. The molecule has 0 saturated heterocycles. The van der Waals surface area contributed by atoms with Gasteiger partial charge in [0.25, 0.3) is 0 Å². The fourth-order valence-electron chi connectivity index (χ4n) is 2.77. The summed E-state index contributed by atoms with van der Waals surface area (Å²) in [6, 6.07) is 6.09. The smallest absolute Gasteiger partial charge is 0.115 e. The average molecular weight is 386 g/mol. The fourth-order valence-corrected chi connectivity index (χ4v) is 4.62. The highest BCUT2D eigenvalue weighted by atomic mass is 79.9. The summed E-state index contributed by atoms with van der Waals surface area (Å²) in [7, 11) is 0. The van der Waals surface area contributed by atoms with E-state index in [4.69, 9.17) is 16.6 Å². The van der Waals surface area contributed by atoms with Crippen LogP contribution in [0.5, 0.6) is 0 Å². The van der Waals surface area contributed by atoms with E-state index in [9.17, 15) is 0 Å². The molecule has 0 bridgehead atoms. The number of aryl methyl sites for hydroxylation is 2. The van der Waals surface area contributed by atoms with Crippen molar-refractivity contribution in [1.82, 2.24) is 10.3 Å². The maximum atomic E-state index is 6.42. The molecule has 2 nitrogen and oxygen atoms in total. The van der Waals surface area contributed by atoms with Gasteiger partial charge in [0.2, 0.25) is 0 Å². The molecule has 1 aromatic heterocycles. The number of aromatic nitrogens is 1. The zero-order valence-electron chi connectivity index (χ0n) is 12.0. The summed E-state index contributed by atoms with van der Waals surface area (Å²) in [5, 5.41) is 5.47. The largest absolute Gasteiger partial charge is 0.304 e. The van der Waals surface area contributed by atoms with Crippen LogP contribution in [-0.4, -0.2) is 11.5 Å². The molecule has 1 N–H and O–H groups in total. The van der Waals surface area contributed by atoms with E-state index in [1.807, 2.05) is 23.5 Å². The van der Waals surface area contributed by atoms with Crippen LogP contribution in [0.25, 0.3) is 0 Å². The van der Waals surface area contributed by atoms with Crippen LogP contribution in [0, 0.1) is 0 Å². The summed E-state index contributed by atoms with van der Waals surface area (Å²) < 4.78 is 1.05. The number of halogens is 2. The van der Waals surface area contributed by atoms with Crippen molar-refractivity contribution in [2.24, 2.45) is 0 Å². The third kappa shape index (κ3) is 3.34. The van der Waals surface area contributed by atoms with Crippen molar-refractivity contribution in [2.75, 3.05) is 6.54 Å². The van der Waals surface area contributed by atoms with Crippen LogP contribution in [0.1, 0.15) is 46.9 Å². The Kier molecular flexibility index (Phi) is 4.99. The number of hydrogen-bond donors (Lipinski definition) is 1. The highest BCUT2D eigenvalue weighted by Crippen LogP contribution is 2.35. The maximum Gasteiger partial charge on any atom is 0.115 e. The van der Waals surface area contributed by atoms with E-state index in [0.717, 1.165) is 33.0 Å². The number of hydrogen-bond acceptors (Lipinski definition) is 3. The summed E-state index contributed by atoms with van der Waals surface area (Å²) in [5.74, 6) is 0. The standard InChI is InChI=1S/C16H18BrClN2S/c1-2-19-15(11-9-10(17)7-8-12(11)18)16-20-13-5-3-4-6-14(13)21-16/h7-9,15,19H,2-6H2,1H3. The zero-order valence-corrected chi connectivity index (χ0v) is 15.1. The van der Waals surface area contributed by atoms with E-state index >= 15 is 0 Å². The number of benzene rings is 1. The molecular weight excluding hydrogens is 368 g/mol. The first kappa shape index (κ1) is 15.5. The molecule has 0 saturated carbocycles. The van der Waals surface area contributed by atoms with Crippen LogP contribution in [0.2, 0.25) is 5.02 Å². The van der Waals surface area contributed by atoms with E-state index in [0.29, 0.717) is 0 Å². The van der Waals surface area contributed by atoms with Crippen molar-refractivity contribution in [1.29, 1.82) is 0 Å². The number of nitrogens with one attached hydrogen (secondary N) is 1. The van der Waals surface area contributed by atoms with Crippen LogP contribution in [-0.2, 0) is 12.8 Å². The number of rotatable bonds is 4. The molecule has 0 radical (unpaired) electrons. The number of fused-ring (bicyclic) bond motifs is 1. The highest BCUT2D eigenvalue weighted by Gasteiger charge is 2.23. The van der Waals surface area contributed by atoms with Gasteiger partial charge < -0.3 is 5.32 Å². The molecule has 1 unspecified atom stereocenters. The van der Waals surface area contributed by atoms with E-state index in [-0.39, 0.29) is 6.04 Å². The summed E-state index contributed by atoms with van der Waals surface area (Å²) in [5.41, 5.74) is 2.40. The van der Waals surface area contributed by atoms with Gasteiger partial charge in [-0.05, 0) is 56.0 Å². The van der Waals surface area contributed by atoms with Crippen LogP contribution >= 0.6 is 38.9 Å². The number of thiazole rings is 1. The van der Waals surface area contributed by atoms with Gasteiger partial charge in [0.05, 0.1) is 11.7 Å². The first-order chi connectivity index (χ1) is 10.2. The molecule has 1 aromatic carbocycles. The summed E-state index contributed by atoms with van der Waals surface area (Å²) in [6.07, 6.45) is 4.85. The van der Waals surface area contributed by atoms with Gasteiger partial charge >= 0.3 is 0 Å². The van der Waals surface area contributed by atoms with Gasteiger partial charge in [0.15, 0.2) is 0 Å². The second-order valence-electron chi connectivity index (χ2n) is 5.29. The molecule has 1 heterocycles. The van der Waals surface area contributed by atoms with Crippen LogP contribution in [0.3, 0.4) is 0 Å². The molecule has 112 valence electrons. The van der Waals surface area contributed by atoms with Crippen LogP contribution < -0.4 is 5.32 Å². The second kappa shape index (κ2) is 6.78. The van der Waals surface area contributed by atoms with Crippen molar-refractivity contribution in [3.8, 4) is 0 Å². The minimum absolute atomic E-state index is 0.0793. The van der Waals surface area contributed by atoms with Crippen molar-refractivity contribution < 1.29 is 0 Å². The lowest BCUT2D eigenvalue weighted by atomic mass is 10.0. The van der Waals surface area contributed by atoms with E-state index < -0.39 is 0 Å². The predicted molar refractivity (Wildman–Crippen MR) is 93.4 cm³/mol. The third-order valence-electron chi connectivity index (χ3n) is 3.79. The van der Waals surface area contributed by atoms with Crippen molar-refractivity contribution in [3.05, 3.63) is 48.8 Å². The van der Waals surface area contributed by atoms with Gasteiger partial charge in [-0.1, -0.05) is 34.5 Å². The molecule has 21 heavy (non-hydrogen) atoms. The SMILES string of the molecule is CCNC(c1nc2c(s1)CCCC2)c1cc(Br)ccc1Cl. The van der Waals surface area contributed by atoms with Gasteiger partial charge in [-0.25, -0.2) is 4.98 Å². The maximum absolute atomic E-state index is 6.42. The quantitative estimate of drug-likeness (QED) is 0.788. The van der Waals surface area contributed by atoms with E-state index in [2.05, 4.69) is 34.2 Å². The van der Waals surface area contributed by atoms with Gasteiger partial charge in [-0.2, -0.15) is 0 Å². The summed E-state index contributed by atoms with van der Waals surface area (Å²) >= 11 is 11.8. The van der Waals surface area contributed by atoms with Gasteiger partial charge in [-0.3, -0.25) is 0 Å². The normalized spacial score (nSPS) is 15.8. The van der Waals surface area contributed by atoms with Crippen molar-refractivity contribution in [3.63, 3.8) is 0 Å². The molecule has 0 aliphatic heterocycles. The van der Waals surface area contributed by atoms with Gasteiger partial charge in [-0.15, -0.1) is 11.3 Å². The van der Waals surface area contributed by atoms with Gasteiger partial charge in [0, 0.05) is 14.4 Å². The third-order valence-corrected chi connectivity index (χ3v) is 5.85. The van der Waals surface area contributed by atoms with Gasteiger partial charge in [0.1, 0.15) is 5.01 Å². The molecule has 0 spiro atoms. The topological polar surface area (TPSA) is 24.9 Å². The Morgan fingerprint density at radius 3 is 2.95 bits per heavy atom. The molecule has 1 aliphatic rings. The first-order valence-corrected chi connectivity index (χ1v) is 9.34. The molecule has 0 fully saturated rings. The minimum Gasteiger partial charge on any atom is -0.304 e. The van der Waals surface area contributed by atoms with Crippen molar-refractivity contribution >= 4 is 38.9 Å². The first-order valence-electron chi connectivity index (χ1n) is 7.36. The van der Waals surface area contributed by atoms with Crippen molar-refractivity contribution in [2.45, 2.75) is 38.6 Å². The fraction of sp³-hybridized carbons (Fsp3) is 0.438. The summed E-state index contributed by atoms with van der Waals surface area (Å²) in [4.78, 5) is 6.36. The average Bonchev–Trinajstić information content (AvgIpc) is 2.91. The van der Waals surface area contributed by atoms with E-state index in [1.165, 1.54) is 29.8 Å². The molecule has 1 aliphatic carbocycles. The molecule has 5 heteroatoms. The Labute approximate surface area is 143 Å². The lowest BCUT2D eigenvalue weighted by Crippen LogP contribution is -2.22. The Bertz CT molecular complexity index is 618. The molecule has 0 amide bonds. The Hall–Kier alpha value is -0.420. The van der Waals surface area contributed by atoms with Crippen LogP contribution in [0.15, 0.2) is 22.7 Å². The van der Waals surface area contributed by atoms with Crippen LogP contribution in [0.4, 0.5) is 0 Å². The molecular formula is C16H18BrClN2S. The molecule has 3 rings (SSSR count). The lowest BCUT2D eigenvalue weighted by Gasteiger charge is -2.17. The molecule has 1 atom stereocenters. The minimum atomic E-state index is 0.0793.